The lowest BCUT2D eigenvalue weighted by Crippen LogP contribution is -1.86. The highest BCUT2D eigenvalue weighted by molar-refractivity contribution is 5.14. The maximum Gasteiger partial charge on any atom is -0.0276 e. The molecule has 0 aliphatic heterocycles. The van der Waals surface area contributed by atoms with Crippen LogP contribution < -0.4 is 0 Å². The zero-order valence-electron chi connectivity index (χ0n) is 7.66. The van der Waals surface area contributed by atoms with E-state index in [-0.39, 0.29) is 0 Å². The van der Waals surface area contributed by atoms with Gasteiger partial charge in [-0.25, -0.2) is 0 Å². The molecule has 0 bridgehead atoms. The normalized spacial score (nSPS) is 27.1. The van der Waals surface area contributed by atoms with Crippen molar-refractivity contribution in [2.45, 2.75) is 26.2 Å². The Morgan fingerprint density at radius 2 is 1.92 bits per heavy atom. The molecule has 0 heterocycles. The lowest BCUT2D eigenvalue weighted by atomic mass is 10.1. The Morgan fingerprint density at radius 3 is 2.50 bits per heavy atom. The number of benzene rings is 1. The van der Waals surface area contributed by atoms with Crippen molar-refractivity contribution in [3.05, 3.63) is 35.9 Å². The van der Waals surface area contributed by atoms with Crippen molar-refractivity contribution in [1.82, 2.24) is 0 Å². The minimum atomic E-state index is 1.01. The first kappa shape index (κ1) is 7.85. The van der Waals surface area contributed by atoms with Crippen molar-refractivity contribution >= 4 is 0 Å². The Morgan fingerprint density at radius 1 is 1.25 bits per heavy atom. The van der Waals surface area contributed by atoms with Crippen LogP contribution in [0.3, 0.4) is 0 Å². The van der Waals surface area contributed by atoms with Gasteiger partial charge in [-0.15, -0.1) is 0 Å². The molecule has 2 rings (SSSR count). The summed E-state index contributed by atoms with van der Waals surface area (Å²) >= 11 is 0. The van der Waals surface area contributed by atoms with Gasteiger partial charge < -0.3 is 0 Å². The van der Waals surface area contributed by atoms with Crippen molar-refractivity contribution in [2.75, 3.05) is 0 Å². The van der Waals surface area contributed by atoms with Crippen LogP contribution in [0.15, 0.2) is 30.3 Å². The van der Waals surface area contributed by atoms with Gasteiger partial charge in [0.05, 0.1) is 0 Å². The van der Waals surface area contributed by atoms with Crippen LogP contribution in [-0.4, -0.2) is 0 Å². The molecule has 0 aromatic heterocycles. The second-order valence-corrected chi connectivity index (χ2v) is 4.00. The molecule has 1 fully saturated rings. The Bertz CT molecular complexity index is 237. The summed E-state index contributed by atoms with van der Waals surface area (Å²) in [5, 5.41) is 0. The number of rotatable bonds is 3. The number of aryl methyl sites for hydroxylation is 1. The Hall–Kier alpha value is -0.780. The minimum Gasteiger partial charge on any atom is -0.0622 e. The highest BCUT2D eigenvalue weighted by Crippen LogP contribution is 2.41. The van der Waals surface area contributed by atoms with Crippen molar-refractivity contribution in [1.29, 1.82) is 0 Å². The fourth-order valence-corrected chi connectivity index (χ4v) is 1.80. The molecule has 0 spiro atoms. The highest BCUT2D eigenvalue weighted by Gasteiger charge is 2.31. The molecule has 12 heavy (non-hydrogen) atoms. The Balaban J connectivity index is 1.80. The molecular weight excluding hydrogens is 144 g/mol. The SMILES string of the molecule is CC1CC1CCc1ccccc1. The van der Waals surface area contributed by atoms with Gasteiger partial charge in [-0.2, -0.15) is 0 Å². The van der Waals surface area contributed by atoms with E-state index in [1.165, 1.54) is 24.8 Å². The van der Waals surface area contributed by atoms with Crippen LogP contribution in [0.4, 0.5) is 0 Å². The molecule has 2 unspecified atom stereocenters. The Kier molecular flexibility index (Phi) is 2.16. The van der Waals surface area contributed by atoms with Gasteiger partial charge in [-0.1, -0.05) is 37.3 Å². The summed E-state index contributed by atoms with van der Waals surface area (Å²) in [6.07, 6.45) is 4.13. The van der Waals surface area contributed by atoms with Gasteiger partial charge in [-0.05, 0) is 36.7 Å². The molecule has 1 aromatic carbocycles. The number of hydrogen-bond acceptors (Lipinski definition) is 0. The fraction of sp³-hybridized carbons (Fsp3) is 0.500. The van der Waals surface area contributed by atoms with E-state index in [0.717, 1.165) is 11.8 Å². The summed E-state index contributed by atoms with van der Waals surface area (Å²) in [4.78, 5) is 0. The van der Waals surface area contributed by atoms with E-state index >= 15 is 0 Å². The minimum absolute atomic E-state index is 1.01. The van der Waals surface area contributed by atoms with Gasteiger partial charge in [0.1, 0.15) is 0 Å². The van der Waals surface area contributed by atoms with E-state index < -0.39 is 0 Å². The van der Waals surface area contributed by atoms with Gasteiger partial charge >= 0.3 is 0 Å². The largest absolute Gasteiger partial charge is 0.0622 e. The van der Waals surface area contributed by atoms with Crippen LogP contribution in [0.25, 0.3) is 0 Å². The molecule has 2 atom stereocenters. The first-order chi connectivity index (χ1) is 5.86. The quantitative estimate of drug-likeness (QED) is 0.636. The van der Waals surface area contributed by atoms with Crippen LogP contribution >= 0.6 is 0 Å². The van der Waals surface area contributed by atoms with E-state index in [2.05, 4.69) is 37.3 Å². The summed E-state index contributed by atoms with van der Waals surface area (Å²) in [7, 11) is 0. The van der Waals surface area contributed by atoms with Gasteiger partial charge in [0.15, 0.2) is 0 Å². The van der Waals surface area contributed by atoms with Crippen molar-refractivity contribution in [3.63, 3.8) is 0 Å². The smallest absolute Gasteiger partial charge is 0.0276 e. The number of hydrogen-bond donors (Lipinski definition) is 0. The fourth-order valence-electron chi connectivity index (χ4n) is 1.80. The molecule has 1 aromatic rings. The highest BCUT2D eigenvalue weighted by atomic mass is 14.4. The monoisotopic (exact) mass is 160 g/mol. The first-order valence-electron chi connectivity index (χ1n) is 4.90. The van der Waals surface area contributed by atoms with Gasteiger partial charge in [0, 0.05) is 0 Å². The van der Waals surface area contributed by atoms with Gasteiger partial charge in [0.25, 0.3) is 0 Å². The van der Waals surface area contributed by atoms with Crippen LogP contribution in [0.1, 0.15) is 25.3 Å². The maximum absolute atomic E-state index is 2.36. The molecule has 64 valence electrons. The van der Waals surface area contributed by atoms with E-state index in [1.54, 1.807) is 0 Å². The summed E-state index contributed by atoms with van der Waals surface area (Å²) < 4.78 is 0. The van der Waals surface area contributed by atoms with Crippen LogP contribution in [-0.2, 0) is 6.42 Å². The summed E-state index contributed by atoms with van der Waals surface area (Å²) in [6, 6.07) is 10.8. The van der Waals surface area contributed by atoms with Crippen molar-refractivity contribution in [2.24, 2.45) is 11.8 Å². The zero-order valence-corrected chi connectivity index (χ0v) is 7.66. The van der Waals surface area contributed by atoms with E-state index in [4.69, 9.17) is 0 Å². The molecule has 0 N–H and O–H groups in total. The topological polar surface area (TPSA) is 0 Å². The third-order valence-corrected chi connectivity index (χ3v) is 2.92. The second kappa shape index (κ2) is 3.30. The third-order valence-electron chi connectivity index (χ3n) is 2.92. The first-order valence-corrected chi connectivity index (χ1v) is 4.90. The molecular formula is C12H16. The summed E-state index contributed by atoms with van der Waals surface area (Å²) in [6.45, 7) is 2.36. The molecule has 0 amide bonds. The maximum atomic E-state index is 2.36. The van der Waals surface area contributed by atoms with Gasteiger partial charge in [0.2, 0.25) is 0 Å². The summed E-state index contributed by atoms with van der Waals surface area (Å²) in [5.41, 5.74) is 1.50. The molecule has 0 heteroatoms. The van der Waals surface area contributed by atoms with Crippen molar-refractivity contribution in [3.8, 4) is 0 Å². The molecule has 0 saturated heterocycles. The lowest BCUT2D eigenvalue weighted by Gasteiger charge is -1.98. The molecule has 0 radical (unpaired) electrons. The molecule has 1 saturated carbocycles. The predicted octanol–water partition coefficient (Wildman–Crippen LogP) is 3.28. The van der Waals surface area contributed by atoms with Crippen LogP contribution in [0.5, 0.6) is 0 Å². The average molecular weight is 160 g/mol. The predicted molar refractivity (Wildman–Crippen MR) is 52.0 cm³/mol. The molecule has 0 nitrogen and oxygen atoms in total. The van der Waals surface area contributed by atoms with E-state index in [0.29, 0.717) is 0 Å². The molecule has 1 aliphatic carbocycles. The summed E-state index contributed by atoms with van der Waals surface area (Å²) in [5.74, 6) is 2.04. The molecule has 1 aliphatic rings. The average Bonchev–Trinajstić information content (AvgIpc) is 2.81. The van der Waals surface area contributed by atoms with Gasteiger partial charge in [-0.3, -0.25) is 0 Å². The third kappa shape index (κ3) is 1.88. The van der Waals surface area contributed by atoms with E-state index in [1.807, 2.05) is 0 Å². The standard InChI is InChI=1S/C12H16/c1-10-9-12(10)8-7-11-5-3-2-4-6-11/h2-6,10,12H,7-9H2,1H3. The second-order valence-electron chi connectivity index (χ2n) is 4.00. The van der Waals surface area contributed by atoms with Crippen LogP contribution in [0.2, 0.25) is 0 Å². The lowest BCUT2D eigenvalue weighted by molar-refractivity contribution is 0.673. The Labute approximate surface area is 74.6 Å². The van der Waals surface area contributed by atoms with Crippen molar-refractivity contribution < 1.29 is 0 Å². The zero-order chi connectivity index (χ0) is 8.39. The van der Waals surface area contributed by atoms with Crippen LogP contribution in [0, 0.1) is 11.8 Å². The van der Waals surface area contributed by atoms with E-state index in [9.17, 15) is 0 Å².